The molecule has 1 atom stereocenters. The predicted octanol–water partition coefficient (Wildman–Crippen LogP) is 2.76. The van der Waals surface area contributed by atoms with E-state index >= 15 is 0 Å². The minimum absolute atomic E-state index is 0.0209. The van der Waals surface area contributed by atoms with E-state index in [0.717, 1.165) is 32.5 Å². The maximum atomic E-state index is 6.52. The Hall–Kier alpha value is -0.900. The lowest BCUT2D eigenvalue weighted by molar-refractivity contribution is -0.120. The molecular formula is C17H27NO2. The average molecular weight is 277 g/mol. The molecule has 112 valence electrons. The summed E-state index contributed by atoms with van der Waals surface area (Å²) in [5, 5.41) is 0. The molecule has 0 aromatic heterocycles. The molecule has 3 heteroatoms. The van der Waals surface area contributed by atoms with Gasteiger partial charge in [0.1, 0.15) is 0 Å². The molecule has 0 aliphatic carbocycles. The van der Waals surface area contributed by atoms with Gasteiger partial charge >= 0.3 is 0 Å². The molecule has 0 spiro atoms. The molecule has 1 fully saturated rings. The maximum absolute atomic E-state index is 6.52. The van der Waals surface area contributed by atoms with Crippen LogP contribution in [0.4, 0.5) is 0 Å². The molecule has 0 radical (unpaired) electrons. The zero-order valence-electron chi connectivity index (χ0n) is 12.9. The second kappa shape index (κ2) is 6.70. The fourth-order valence-electron chi connectivity index (χ4n) is 3.25. The largest absolute Gasteiger partial charge is 0.381 e. The van der Waals surface area contributed by atoms with Crippen LogP contribution in [0.5, 0.6) is 0 Å². The van der Waals surface area contributed by atoms with Gasteiger partial charge in [0, 0.05) is 38.7 Å². The van der Waals surface area contributed by atoms with Gasteiger partial charge in [0.05, 0.1) is 5.60 Å². The Labute approximate surface area is 122 Å². The third kappa shape index (κ3) is 3.60. The van der Waals surface area contributed by atoms with Crippen LogP contribution in [0.15, 0.2) is 18.2 Å². The van der Waals surface area contributed by atoms with E-state index in [4.69, 9.17) is 15.2 Å². The second-order valence-corrected chi connectivity index (χ2v) is 5.92. The van der Waals surface area contributed by atoms with Crippen LogP contribution in [0.2, 0.25) is 0 Å². The highest BCUT2D eigenvalue weighted by atomic mass is 16.5. The Morgan fingerprint density at radius 2 is 1.80 bits per heavy atom. The normalized spacial score (nSPS) is 19.8. The molecule has 1 aromatic carbocycles. The highest BCUT2D eigenvalue weighted by Crippen LogP contribution is 2.30. The molecule has 0 bridgehead atoms. The first-order chi connectivity index (χ1) is 9.55. The first-order valence-electron chi connectivity index (χ1n) is 7.60. The quantitative estimate of drug-likeness (QED) is 0.900. The number of hydrogen-bond acceptors (Lipinski definition) is 3. The SMILES string of the molecule is CCOC1(C(N)Cc2cc(C)cc(C)c2)CCOCC1. The fraction of sp³-hybridized carbons (Fsp3) is 0.647. The molecule has 20 heavy (non-hydrogen) atoms. The number of aryl methyl sites for hydroxylation is 2. The second-order valence-electron chi connectivity index (χ2n) is 5.92. The van der Waals surface area contributed by atoms with Crippen molar-refractivity contribution in [2.24, 2.45) is 5.73 Å². The summed E-state index contributed by atoms with van der Waals surface area (Å²) in [5.41, 5.74) is 10.2. The van der Waals surface area contributed by atoms with Crippen LogP contribution < -0.4 is 5.73 Å². The van der Waals surface area contributed by atoms with E-state index in [9.17, 15) is 0 Å². The Bertz CT molecular complexity index is 413. The van der Waals surface area contributed by atoms with E-state index < -0.39 is 0 Å². The van der Waals surface area contributed by atoms with Gasteiger partial charge in [-0.15, -0.1) is 0 Å². The molecule has 1 aliphatic rings. The average Bonchev–Trinajstić information content (AvgIpc) is 2.38. The monoisotopic (exact) mass is 277 g/mol. The molecule has 1 heterocycles. The summed E-state index contributed by atoms with van der Waals surface area (Å²) in [6.07, 6.45) is 2.65. The van der Waals surface area contributed by atoms with E-state index in [-0.39, 0.29) is 11.6 Å². The molecule has 1 aliphatic heterocycles. The lowest BCUT2D eigenvalue weighted by atomic mass is 9.83. The number of ether oxygens (including phenoxy) is 2. The lowest BCUT2D eigenvalue weighted by Gasteiger charge is -2.41. The Kier molecular flexibility index (Phi) is 5.19. The summed E-state index contributed by atoms with van der Waals surface area (Å²) >= 11 is 0. The van der Waals surface area contributed by atoms with Gasteiger partial charge < -0.3 is 15.2 Å². The molecule has 1 saturated heterocycles. The Morgan fingerprint density at radius 1 is 1.20 bits per heavy atom. The van der Waals surface area contributed by atoms with Crippen LogP contribution in [-0.2, 0) is 15.9 Å². The standard InChI is InChI=1S/C17H27NO2/c1-4-20-17(5-7-19-8-6-17)16(18)12-15-10-13(2)9-14(3)11-15/h9-11,16H,4-8,12,18H2,1-3H3. The summed E-state index contributed by atoms with van der Waals surface area (Å²) < 4.78 is 11.5. The molecule has 2 rings (SSSR count). The minimum atomic E-state index is -0.218. The van der Waals surface area contributed by atoms with Crippen molar-refractivity contribution in [1.82, 2.24) is 0 Å². The van der Waals surface area contributed by atoms with Gasteiger partial charge in [0.15, 0.2) is 0 Å². The van der Waals surface area contributed by atoms with Crippen molar-refractivity contribution < 1.29 is 9.47 Å². The highest BCUT2D eigenvalue weighted by Gasteiger charge is 2.39. The Morgan fingerprint density at radius 3 is 2.35 bits per heavy atom. The molecule has 3 nitrogen and oxygen atoms in total. The van der Waals surface area contributed by atoms with Gasteiger partial charge in [0.25, 0.3) is 0 Å². The van der Waals surface area contributed by atoms with Gasteiger partial charge in [-0.3, -0.25) is 0 Å². The third-order valence-corrected chi connectivity index (χ3v) is 4.18. The number of rotatable bonds is 5. The van der Waals surface area contributed by atoms with Gasteiger partial charge in [-0.05, 0) is 32.8 Å². The van der Waals surface area contributed by atoms with Crippen molar-refractivity contribution in [1.29, 1.82) is 0 Å². The van der Waals surface area contributed by atoms with Crippen LogP contribution in [0.25, 0.3) is 0 Å². The van der Waals surface area contributed by atoms with Crippen molar-refractivity contribution in [2.45, 2.75) is 51.7 Å². The van der Waals surface area contributed by atoms with Crippen LogP contribution in [0.3, 0.4) is 0 Å². The van der Waals surface area contributed by atoms with Crippen LogP contribution >= 0.6 is 0 Å². The van der Waals surface area contributed by atoms with Crippen LogP contribution in [0.1, 0.15) is 36.5 Å². The molecule has 2 N–H and O–H groups in total. The first kappa shape index (κ1) is 15.5. The zero-order valence-corrected chi connectivity index (χ0v) is 12.9. The third-order valence-electron chi connectivity index (χ3n) is 4.18. The van der Waals surface area contributed by atoms with E-state index in [1.807, 2.05) is 6.92 Å². The lowest BCUT2D eigenvalue weighted by Crippen LogP contribution is -2.54. The van der Waals surface area contributed by atoms with E-state index in [1.165, 1.54) is 16.7 Å². The minimum Gasteiger partial charge on any atom is -0.381 e. The topological polar surface area (TPSA) is 44.5 Å². The van der Waals surface area contributed by atoms with Crippen LogP contribution in [-0.4, -0.2) is 31.5 Å². The van der Waals surface area contributed by atoms with Gasteiger partial charge in [0.2, 0.25) is 0 Å². The summed E-state index contributed by atoms with van der Waals surface area (Å²) in [6, 6.07) is 6.67. The molecule has 1 unspecified atom stereocenters. The summed E-state index contributed by atoms with van der Waals surface area (Å²) in [5.74, 6) is 0. The fourth-order valence-corrected chi connectivity index (χ4v) is 3.25. The summed E-state index contributed by atoms with van der Waals surface area (Å²) in [7, 11) is 0. The van der Waals surface area contributed by atoms with Crippen LogP contribution in [0, 0.1) is 13.8 Å². The smallest absolute Gasteiger partial charge is 0.0879 e. The Balaban J connectivity index is 2.13. The summed E-state index contributed by atoms with van der Waals surface area (Å²) in [6.45, 7) is 8.52. The zero-order chi connectivity index (χ0) is 14.6. The van der Waals surface area contributed by atoms with Crippen molar-refractivity contribution in [3.8, 4) is 0 Å². The van der Waals surface area contributed by atoms with Gasteiger partial charge in [-0.1, -0.05) is 29.3 Å². The van der Waals surface area contributed by atoms with E-state index in [0.29, 0.717) is 6.61 Å². The van der Waals surface area contributed by atoms with Crippen molar-refractivity contribution in [3.05, 3.63) is 34.9 Å². The summed E-state index contributed by atoms with van der Waals surface area (Å²) in [4.78, 5) is 0. The predicted molar refractivity (Wildman–Crippen MR) is 82.0 cm³/mol. The molecule has 0 amide bonds. The molecular weight excluding hydrogens is 250 g/mol. The van der Waals surface area contributed by atoms with E-state index in [2.05, 4.69) is 32.0 Å². The van der Waals surface area contributed by atoms with Gasteiger partial charge in [-0.2, -0.15) is 0 Å². The van der Waals surface area contributed by atoms with Gasteiger partial charge in [-0.25, -0.2) is 0 Å². The number of benzene rings is 1. The highest BCUT2D eigenvalue weighted by molar-refractivity contribution is 5.29. The number of nitrogens with two attached hydrogens (primary N) is 1. The van der Waals surface area contributed by atoms with E-state index in [1.54, 1.807) is 0 Å². The molecule has 1 aromatic rings. The first-order valence-corrected chi connectivity index (χ1v) is 7.60. The maximum Gasteiger partial charge on any atom is 0.0879 e. The molecule has 0 saturated carbocycles. The van der Waals surface area contributed by atoms with Crippen molar-refractivity contribution >= 4 is 0 Å². The van der Waals surface area contributed by atoms with Crippen molar-refractivity contribution in [2.75, 3.05) is 19.8 Å². The van der Waals surface area contributed by atoms with Crippen molar-refractivity contribution in [3.63, 3.8) is 0 Å². The number of hydrogen-bond donors (Lipinski definition) is 1.